The van der Waals surface area contributed by atoms with E-state index in [1.807, 2.05) is 93.6 Å². The smallest absolute Gasteiger partial charge is 0.497 e. The van der Waals surface area contributed by atoms with E-state index < -0.39 is 20.5 Å². The summed E-state index contributed by atoms with van der Waals surface area (Å²) in [6, 6.07) is 26.5. The number of rotatable bonds is 16. The van der Waals surface area contributed by atoms with Crippen molar-refractivity contribution in [3.05, 3.63) is 107 Å². The van der Waals surface area contributed by atoms with Gasteiger partial charge in [-0.05, 0) is 86.0 Å². The molecule has 1 amide bonds. The van der Waals surface area contributed by atoms with Gasteiger partial charge in [0.25, 0.3) is 0 Å². The van der Waals surface area contributed by atoms with Gasteiger partial charge in [0, 0.05) is 49.1 Å². The van der Waals surface area contributed by atoms with E-state index in [-0.39, 0.29) is 6.61 Å². The summed E-state index contributed by atoms with van der Waals surface area (Å²) in [7, 11) is 0.553. The minimum atomic E-state index is -2.76. The number of methoxy groups -OCH3 is 2. The molecule has 5 rings (SSSR count). The van der Waals surface area contributed by atoms with Gasteiger partial charge in [-0.25, -0.2) is 4.79 Å². The Bertz CT molecular complexity index is 1630. The van der Waals surface area contributed by atoms with Gasteiger partial charge in [0.1, 0.15) is 23.9 Å². The number of benzene rings is 4. The predicted octanol–water partition coefficient (Wildman–Crippen LogP) is 7.87. The monoisotopic (exact) mass is 671 g/mol. The van der Waals surface area contributed by atoms with Crippen LogP contribution in [0.25, 0.3) is 16.8 Å². The summed E-state index contributed by atoms with van der Waals surface area (Å²) in [5, 5.41) is 4.84. The average Bonchev–Trinajstić information content (AvgIpc) is 3.12. The van der Waals surface area contributed by atoms with E-state index >= 15 is 0 Å². The topological polar surface area (TPSA) is 93.7 Å². The lowest BCUT2D eigenvalue weighted by Gasteiger charge is -2.36. The summed E-state index contributed by atoms with van der Waals surface area (Å²) in [5.74, 6) is 2.29. The number of fused-ring (bicyclic) bond motifs is 3. The number of ether oxygens (including phenoxy) is 4. The van der Waals surface area contributed by atoms with Crippen molar-refractivity contribution in [2.45, 2.75) is 45.4 Å². The Labute approximate surface area is 284 Å². The molecule has 0 saturated carbocycles. The molecule has 4 aromatic rings. The van der Waals surface area contributed by atoms with Crippen molar-refractivity contribution in [2.24, 2.45) is 0 Å². The molecule has 0 fully saturated rings. The van der Waals surface area contributed by atoms with Crippen molar-refractivity contribution in [2.75, 3.05) is 40.6 Å². The highest BCUT2D eigenvalue weighted by molar-refractivity contribution is 6.60. The van der Waals surface area contributed by atoms with Gasteiger partial charge in [0.05, 0.1) is 14.2 Å². The molecule has 1 N–H and O–H groups in total. The van der Waals surface area contributed by atoms with Gasteiger partial charge >= 0.3 is 14.9 Å². The molecule has 0 saturated heterocycles. The molecular formula is C38H45NO8Si. The van der Waals surface area contributed by atoms with E-state index in [1.165, 1.54) is 0 Å². The molecule has 1 aliphatic rings. The summed E-state index contributed by atoms with van der Waals surface area (Å²) >= 11 is 0. The minimum Gasteiger partial charge on any atom is -0.497 e. The van der Waals surface area contributed by atoms with Crippen LogP contribution < -0.4 is 19.5 Å². The van der Waals surface area contributed by atoms with Crippen molar-refractivity contribution in [1.29, 1.82) is 0 Å². The van der Waals surface area contributed by atoms with E-state index in [4.69, 9.17) is 32.2 Å². The van der Waals surface area contributed by atoms with Crippen LogP contribution in [-0.2, 0) is 30.2 Å². The fourth-order valence-electron chi connectivity index (χ4n) is 6.07. The summed E-state index contributed by atoms with van der Waals surface area (Å²) in [5.41, 5.74) is 2.92. The Morgan fingerprint density at radius 1 is 0.771 bits per heavy atom. The molecule has 10 heteroatoms. The van der Waals surface area contributed by atoms with Crippen molar-refractivity contribution < 1.29 is 37.0 Å². The van der Waals surface area contributed by atoms with Crippen LogP contribution in [0.15, 0.2) is 84.9 Å². The van der Waals surface area contributed by atoms with Crippen LogP contribution in [0.5, 0.6) is 17.2 Å². The summed E-state index contributed by atoms with van der Waals surface area (Å²) in [6.07, 6.45) is 4.38. The molecule has 0 radical (unpaired) electrons. The largest absolute Gasteiger partial charge is 0.500 e. The van der Waals surface area contributed by atoms with Crippen LogP contribution in [-0.4, -0.2) is 55.5 Å². The number of hydrogen-bond donors (Lipinski definition) is 1. The average molecular weight is 672 g/mol. The van der Waals surface area contributed by atoms with Crippen LogP contribution in [0, 0.1) is 0 Å². The van der Waals surface area contributed by atoms with Crippen LogP contribution in [0.2, 0.25) is 6.04 Å². The van der Waals surface area contributed by atoms with E-state index in [1.54, 1.807) is 14.2 Å². The summed E-state index contributed by atoms with van der Waals surface area (Å²) in [4.78, 5) is 12.6. The first kappa shape index (κ1) is 35.0. The number of amides is 1. The van der Waals surface area contributed by atoms with Gasteiger partial charge in [-0.3, -0.25) is 0 Å². The maximum absolute atomic E-state index is 12.6. The quantitative estimate of drug-likeness (QED) is 0.0951. The highest BCUT2D eigenvalue weighted by atomic mass is 28.4. The predicted molar refractivity (Wildman–Crippen MR) is 189 cm³/mol. The molecule has 0 spiro atoms. The standard InChI is InChI=1S/C38H45NO8Si/c1-6-44-48(45-7-2,46-8-3)26-10-25-39-37(40)43-27-28-11-9-12-34-33(28)21-22-36-35(34)23-24-38(47-36,29-13-17-31(41-4)18-14-29)30-15-19-32(42-5)20-16-30/h9,11-24H,6-8,10,25-27H2,1-5H3,(H,39,40). The van der Waals surface area contributed by atoms with Crippen molar-refractivity contribution in [1.82, 2.24) is 5.32 Å². The van der Waals surface area contributed by atoms with Crippen LogP contribution in [0.1, 0.15) is 49.4 Å². The number of hydrogen-bond acceptors (Lipinski definition) is 8. The molecule has 0 aromatic heterocycles. The molecule has 0 atom stereocenters. The summed E-state index contributed by atoms with van der Waals surface area (Å²) in [6.45, 7) is 7.90. The molecule has 4 aromatic carbocycles. The normalized spacial score (nSPS) is 13.4. The Balaban J connectivity index is 1.31. The lowest BCUT2D eigenvalue weighted by Crippen LogP contribution is -2.46. The van der Waals surface area contributed by atoms with Crippen molar-refractivity contribution in [3.8, 4) is 17.2 Å². The second-order valence-electron chi connectivity index (χ2n) is 11.2. The van der Waals surface area contributed by atoms with Crippen molar-refractivity contribution in [3.63, 3.8) is 0 Å². The van der Waals surface area contributed by atoms with Gasteiger partial charge in [-0.2, -0.15) is 0 Å². The summed E-state index contributed by atoms with van der Waals surface area (Å²) < 4.78 is 41.1. The maximum atomic E-state index is 12.6. The number of carbonyl (C=O) groups is 1. The first-order valence-electron chi connectivity index (χ1n) is 16.4. The van der Waals surface area contributed by atoms with Gasteiger partial charge in [-0.1, -0.05) is 48.5 Å². The van der Waals surface area contributed by atoms with Gasteiger partial charge in [0.2, 0.25) is 0 Å². The van der Waals surface area contributed by atoms with Gasteiger partial charge in [-0.15, -0.1) is 0 Å². The molecule has 0 bridgehead atoms. The molecule has 0 aliphatic carbocycles. The van der Waals surface area contributed by atoms with Gasteiger partial charge < -0.3 is 37.5 Å². The number of nitrogens with one attached hydrogen (secondary N) is 1. The number of carbonyl (C=O) groups excluding carboxylic acids is 1. The minimum absolute atomic E-state index is 0.129. The highest BCUT2D eigenvalue weighted by Gasteiger charge is 2.40. The third-order valence-corrected chi connectivity index (χ3v) is 11.5. The maximum Gasteiger partial charge on any atom is 0.500 e. The van der Waals surface area contributed by atoms with Crippen LogP contribution in [0.3, 0.4) is 0 Å². The lowest BCUT2D eigenvalue weighted by atomic mass is 9.83. The van der Waals surface area contributed by atoms with E-state index in [0.29, 0.717) is 38.8 Å². The molecule has 1 heterocycles. The first-order chi connectivity index (χ1) is 23.4. The molecule has 1 aliphatic heterocycles. The molecule has 254 valence electrons. The van der Waals surface area contributed by atoms with Gasteiger partial charge in [0.15, 0.2) is 5.60 Å². The Morgan fingerprint density at radius 2 is 1.38 bits per heavy atom. The fourth-order valence-corrected chi connectivity index (χ4v) is 8.68. The zero-order valence-electron chi connectivity index (χ0n) is 28.4. The molecule has 48 heavy (non-hydrogen) atoms. The van der Waals surface area contributed by atoms with Crippen molar-refractivity contribution >= 4 is 31.7 Å². The Hall–Kier alpha value is -4.35. The number of alkyl carbamates (subject to hydrolysis) is 1. The SMILES string of the molecule is CCO[Si](CCCNC(=O)OCc1cccc2c3c(ccc12)OC(c1ccc(OC)cc1)(c1ccc(OC)cc1)C=C3)(OCC)OCC. The van der Waals surface area contributed by atoms with Crippen LogP contribution in [0.4, 0.5) is 4.79 Å². The highest BCUT2D eigenvalue weighted by Crippen LogP contribution is 2.45. The zero-order valence-corrected chi connectivity index (χ0v) is 29.4. The van der Waals surface area contributed by atoms with E-state index in [9.17, 15) is 4.79 Å². The second-order valence-corrected chi connectivity index (χ2v) is 13.9. The second kappa shape index (κ2) is 16.2. The molecular weight excluding hydrogens is 627 g/mol. The third-order valence-electron chi connectivity index (χ3n) is 8.33. The van der Waals surface area contributed by atoms with E-state index in [0.717, 1.165) is 50.3 Å². The Kier molecular flexibility index (Phi) is 11.8. The van der Waals surface area contributed by atoms with Crippen LogP contribution >= 0.6 is 0 Å². The lowest BCUT2D eigenvalue weighted by molar-refractivity contribution is 0.0706. The first-order valence-corrected chi connectivity index (χ1v) is 18.4. The van der Waals surface area contributed by atoms with E-state index in [2.05, 4.69) is 23.5 Å². The molecule has 9 nitrogen and oxygen atoms in total. The fraction of sp³-hybridized carbons (Fsp3) is 0.342. The molecule has 0 unspecified atom stereocenters. The third kappa shape index (κ3) is 7.68. The zero-order chi connectivity index (χ0) is 34.0. The Morgan fingerprint density at radius 3 is 1.94 bits per heavy atom.